The average molecular weight is 552 g/mol. The summed E-state index contributed by atoms with van der Waals surface area (Å²) in [6, 6.07) is 19.0. The lowest BCUT2D eigenvalue weighted by Gasteiger charge is -2.23. The van der Waals surface area contributed by atoms with Crippen LogP contribution in [0.4, 0.5) is 4.79 Å². The third kappa shape index (κ3) is 4.78. The Balaban J connectivity index is 1.44. The third-order valence-electron chi connectivity index (χ3n) is 6.43. The van der Waals surface area contributed by atoms with Gasteiger partial charge in [-0.05, 0) is 53.9 Å². The van der Waals surface area contributed by atoms with Gasteiger partial charge in [-0.2, -0.15) is 0 Å². The van der Waals surface area contributed by atoms with E-state index in [1.807, 2.05) is 36.4 Å². The van der Waals surface area contributed by atoms with Crippen LogP contribution in [0.3, 0.4) is 0 Å². The predicted molar refractivity (Wildman–Crippen MR) is 136 cm³/mol. The fourth-order valence-corrected chi connectivity index (χ4v) is 5.26. The van der Waals surface area contributed by atoms with Gasteiger partial charge in [0, 0.05) is 16.5 Å². The van der Waals surface area contributed by atoms with Crippen LogP contribution < -0.4 is 9.47 Å². The quantitative estimate of drug-likeness (QED) is 0.321. The van der Waals surface area contributed by atoms with Crippen LogP contribution in [0.1, 0.15) is 35.2 Å². The Labute approximate surface area is 218 Å². The molecule has 1 aliphatic carbocycles. The number of amides is 1. The molecular weight excluding hydrogens is 526 g/mol. The number of hydrogen-bond acceptors (Lipinski definition) is 6. The highest BCUT2D eigenvalue weighted by Crippen LogP contribution is 2.44. The maximum absolute atomic E-state index is 12.8. The van der Waals surface area contributed by atoms with Crippen LogP contribution >= 0.6 is 15.9 Å². The van der Waals surface area contributed by atoms with Crippen LogP contribution in [0.15, 0.2) is 65.1 Å². The Morgan fingerprint density at radius 1 is 1.08 bits per heavy atom. The highest BCUT2D eigenvalue weighted by molar-refractivity contribution is 9.10. The topological polar surface area (TPSA) is 74.3 Å². The first-order valence-electron chi connectivity index (χ1n) is 11.8. The highest BCUT2D eigenvalue weighted by atomic mass is 79.9. The molecule has 3 aromatic rings. The second-order valence-corrected chi connectivity index (χ2v) is 9.63. The van der Waals surface area contributed by atoms with E-state index in [4.69, 9.17) is 18.9 Å². The second-order valence-electron chi connectivity index (χ2n) is 8.72. The summed E-state index contributed by atoms with van der Waals surface area (Å²) >= 11 is 3.54. The second kappa shape index (κ2) is 10.2. The van der Waals surface area contributed by atoms with Crippen molar-refractivity contribution in [2.24, 2.45) is 0 Å². The zero-order valence-electron chi connectivity index (χ0n) is 20.0. The molecule has 1 aliphatic heterocycles. The third-order valence-corrected chi connectivity index (χ3v) is 6.93. The molecule has 8 heteroatoms. The number of methoxy groups -OCH3 is 1. The lowest BCUT2D eigenvalue weighted by atomic mass is 10.1. The zero-order valence-corrected chi connectivity index (χ0v) is 21.6. The molecule has 1 heterocycles. The standard InChI is InChI=1S/C28H26BrNO6/c1-3-34-26(31)13-17-8-10-23(33-2)24(12-17)35-22-11-9-20(29)14-19(22)16-30-27-21-7-5-4-6-18(21)15-25(27)36-28(30)32/h4-12,14,25,27H,3,13,15-16H2,1-2H3/t25-,27+/m0/s1. The van der Waals surface area contributed by atoms with Crippen LogP contribution in [0.25, 0.3) is 0 Å². The summed E-state index contributed by atoms with van der Waals surface area (Å²) in [6.07, 6.45) is 0.323. The van der Waals surface area contributed by atoms with Crippen molar-refractivity contribution < 1.29 is 28.5 Å². The molecule has 2 aliphatic rings. The first-order chi connectivity index (χ1) is 17.5. The summed E-state index contributed by atoms with van der Waals surface area (Å²) in [6.45, 7) is 2.41. The van der Waals surface area contributed by atoms with Crippen LogP contribution in [-0.4, -0.2) is 36.8 Å². The number of ether oxygens (including phenoxy) is 4. The molecule has 186 valence electrons. The molecule has 0 N–H and O–H groups in total. The van der Waals surface area contributed by atoms with Crippen molar-refractivity contribution >= 4 is 28.0 Å². The number of halogens is 1. The van der Waals surface area contributed by atoms with E-state index < -0.39 is 0 Å². The van der Waals surface area contributed by atoms with Gasteiger partial charge in [0.15, 0.2) is 11.5 Å². The molecule has 2 atom stereocenters. The Morgan fingerprint density at radius 3 is 2.69 bits per heavy atom. The van der Waals surface area contributed by atoms with Crippen LogP contribution in [0.5, 0.6) is 17.2 Å². The number of esters is 1. The summed E-state index contributed by atoms with van der Waals surface area (Å²) in [5, 5.41) is 0. The Morgan fingerprint density at radius 2 is 1.89 bits per heavy atom. The van der Waals surface area contributed by atoms with E-state index in [9.17, 15) is 9.59 Å². The van der Waals surface area contributed by atoms with Gasteiger partial charge in [-0.15, -0.1) is 0 Å². The van der Waals surface area contributed by atoms with Crippen molar-refractivity contribution in [1.29, 1.82) is 0 Å². The highest BCUT2D eigenvalue weighted by Gasteiger charge is 2.47. The van der Waals surface area contributed by atoms with Crippen LogP contribution in [0, 0.1) is 0 Å². The number of rotatable bonds is 8. The van der Waals surface area contributed by atoms with Crippen molar-refractivity contribution in [3.8, 4) is 17.2 Å². The summed E-state index contributed by atoms with van der Waals surface area (Å²) in [4.78, 5) is 26.6. The molecule has 0 unspecified atom stereocenters. The maximum atomic E-state index is 12.8. The molecule has 3 aromatic carbocycles. The van der Waals surface area contributed by atoms with Crippen LogP contribution in [0.2, 0.25) is 0 Å². The lowest BCUT2D eigenvalue weighted by Crippen LogP contribution is -2.27. The molecule has 1 amide bonds. The number of hydrogen-bond donors (Lipinski definition) is 0. The van der Waals surface area contributed by atoms with Gasteiger partial charge in [-0.3, -0.25) is 9.69 Å². The van der Waals surface area contributed by atoms with Crippen molar-refractivity contribution in [3.05, 3.63) is 87.4 Å². The number of carbonyl (C=O) groups excluding carboxylic acids is 2. The van der Waals surface area contributed by atoms with E-state index in [2.05, 4.69) is 28.1 Å². The van der Waals surface area contributed by atoms with E-state index in [1.54, 1.807) is 31.1 Å². The number of fused-ring (bicyclic) bond motifs is 3. The van der Waals surface area contributed by atoms with E-state index in [1.165, 1.54) is 5.56 Å². The minimum Gasteiger partial charge on any atom is -0.493 e. The van der Waals surface area contributed by atoms with E-state index >= 15 is 0 Å². The van der Waals surface area contributed by atoms with Gasteiger partial charge in [-0.1, -0.05) is 46.3 Å². The summed E-state index contributed by atoms with van der Waals surface area (Å²) in [5.74, 6) is 1.27. The minimum absolute atomic E-state index is 0.128. The van der Waals surface area contributed by atoms with Crippen molar-refractivity contribution in [2.45, 2.75) is 38.5 Å². The molecule has 0 aromatic heterocycles. The fourth-order valence-electron chi connectivity index (χ4n) is 4.85. The normalized spacial score (nSPS) is 17.9. The molecule has 7 nitrogen and oxygen atoms in total. The Hall–Kier alpha value is -3.52. The van der Waals surface area contributed by atoms with Crippen molar-refractivity contribution in [1.82, 2.24) is 4.90 Å². The molecular formula is C28H26BrNO6. The molecule has 0 spiro atoms. The fraction of sp³-hybridized carbons (Fsp3) is 0.286. The van der Waals surface area contributed by atoms with Crippen LogP contribution in [-0.2, 0) is 33.7 Å². The van der Waals surface area contributed by atoms with E-state index in [-0.39, 0.29) is 30.6 Å². The van der Waals surface area contributed by atoms with Gasteiger partial charge < -0.3 is 18.9 Å². The number of benzene rings is 3. The zero-order chi connectivity index (χ0) is 25.2. The lowest BCUT2D eigenvalue weighted by molar-refractivity contribution is -0.142. The van der Waals surface area contributed by atoms with E-state index in [0.717, 1.165) is 27.6 Å². The van der Waals surface area contributed by atoms with Crippen molar-refractivity contribution in [3.63, 3.8) is 0 Å². The Bertz CT molecular complexity index is 1310. The molecule has 5 rings (SSSR count). The smallest absolute Gasteiger partial charge is 0.411 e. The molecule has 0 saturated carbocycles. The minimum atomic E-state index is -0.334. The summed E-state index contributed by atoms with van der Waals surface area (Å²) in [5.41, 5.74) is 3.89. The molecule has 0 radical (unpaired) electrons. The molecule has 0 bridgehead atoms. The summed E-state index contributed by atoms with van der Waals surface area (Å²) in [7, 11) is 1.56. The maximum Gasteiger partial charge on any atom is 0.411 e. The first kappa shape index (κ1) is 24.2. The summed E-state index contributed by atoms with van der Waals surface area (Å²) < 4.78 is 23.5. The molecule has 36 heavy (non-hydrogen) atoms. The molecule has 1 fully saturated rings. The van der Waals surface area contributed by atoms with Gasteiger partial charge in [0.25, 0.3) is 0 Å². The van der Waals surface area contributed by atoms with Gasteiger partial charge in [0.1, 0.15) is 11.9 Å². The Kier molecular flexibility index (Phi) is 6.87. The predicted octanol–water partition coefficient (Wildman–Crippen LogP) is 5.97. The van der Waals surface area contributed by atoms with Gasteiger partial charge in [0.2, 0.25) is 0 Å². The molecule has 1 saturated heterocycles. The van der Waals surface area contributed by atoms with E-state index in [0.29, 0.717) is 30.4 Å². The van der Waals surface area contributed by atoms with Gasteiger partial charge >= 0.3 is 12.1 Å². The first-order valence-corrected chi connectivity index (χ1v) is 12.6. The largest absolute Gasteiger partial charge is 0.493 e. The number of nitrogens with zero attached hydrogens (tertiary/aromatic N) is 1. The van der Waals surface area contributed by atoms with Gasteiger partial charge in [0.05, 0.1) is 32.7 Å². The SMILES string of the molecule is CCOC(=O)Cc1ccc(OC)c(Oc2ccc(Br)cc2CN2C(=O)O[C@H]3Cc4ccccc4[C@H]32)c1. The van der Waals surface area contributed by atoms with Gasteiger partial charge in [-0.25, -0.2) is 4.79 Å². The average Bonchev–Trinajstić information content (AvgIpc) is 3.36. The monoisotopic (exact) mass is 551 g/mol. The number of carbonyl (C=O) groups is 2. The van der Waals surface area contributed by atoms with Crippen molar-refractivity contribution in [2.75, 3.05) is 13.7 Å².